The highest BCUT2D eigenvalue weighted by molar-refractivity contribution is 4.88. The molecule has 1 aromatic heterocycles. The van der Waals surface area contributed by atoms with Gasteiger partial charge in [-0.2, -0.15) is 5.10 Å². The summed E-state index contributed by atoms with van der Waals surface area (Å²) in [6.07, 6.45) is 2.13. The van der Waals surface area contributed by atoms with Gasteiger partial charge in [-0.1, -0.05) is 6.92 Å². The number of aliphatic hydroxyl groups excluding tert-OH is 1. The fourth-order valence-electron chi connectivity index (χ4n) is 2.53. The van der Waals surface area contributed by atoms with Crippen molar-refractivity contribution in [2.75, 3.05) is 19.6 Å². The van der Waals surface area contributed by atoms with Crippen molar-refractivity contribution in [3.63, 3.8) is 0 Å². The number of likely N-dealkylation sites (tertiary alicyclic amines) is 1. The molecule has 1 aromatic rings. The minimum Gasteiger partial charge on any atom is -0.390 e. The smallest absolute Gasteiger partial charge is 0.147 e. The molecule has 1 unspecified atom stereocenters. The molecule has 1 aliphatic heterocycles. The monoisotopic (exact) mass is 252 g/mol. The Hall–Kier alpha value is -0.940. The molecule has 0 aliphatic carbocycles. The summed E-state index contributed by atoms with van der Waals surface area (Å²) in [5.74, 6) is 2.48. The van der Waals surface area contributed by atoms with E-state index in [0.29, 0.717) is 6.54 Å². The first-order valence-electron chi connectivity index (χ1n) is 6.83. The third-order valence-electron chi connectivity index (χ3n) is 3.69. The van der Waals surface area contributed by atoms with E-state index in [1.165, 1.54) is 12.8 Å². The van der Waals surface area contributed by atoms with E-state index in [1.54, 1.807) is 4.68 Å². The molecule has 2 heterocycles. The van der Waals surface area contributed by atoms with Crippen LogP contribution in [0.15, 0.2) is 0 Å². The summed E-state index contributed by atoms with van der Waals surface area (Å²) in [6.45, 7) is 9.59. The number of aliphatic hydroxyl groups is 1. The molecule has 1 N–H and O–H groups in total. The van der Waals surface area contributed by atoms with Gasteiger partial charge < -0.3 is 10.0 Å². The first kappa shape index (κ1) is 13.5. The standard InChI is InChI=1S/C13H24N4O/c1-10-4-6-16(7-5-10)8-13(18)9-17-12(3)14-11(2)15-17/h10,13,18H,4-9H2,1-3H3. The van der Waals surface area contributed by atoms with Gasteiger partial charge in [0, 0.05) is 6.54 Å². The first-order chi connectivity index (χ1) is 8.54. The average Bonchev–Trinajstić information content (AvgIpc) is 2.61. The van der Waals surface area contributed by atoms with Crippen LogP contribution in [0.3, 0.4) is 0 Å². The van der Waals surface area contributed by atoms with Gasteiger partial charge in [0.05, 0.1) is 12.6 Å². The Morgan fingerprint density at radius 2 is 1.94 bits per heavy atom. The Morgan fingerprint density at radius 1 is 1.28 bits per heavy atom. The fraction of sp³-hybridized carbons (Fsp3) is 0.846. The summed E-state index contributed by atoms with van der Waals surface area (Å²) < 4.78 is 1.80. The third kappa shape index (κ3) is 3.53. The number of piperidine rings is 1. The maximum Gasteiger partial charge on any atom is 0.147 e. The molecule has 5 nitrogen and oxygen atoms in total. The van der Waals surface area contributed by atoms with Crippen LogP contribution >= 0.6 is 0 Å². The Kier molecular flexibility index (Phi) is 4.35. The first-order valence-corrected chi connectivity index (χ1v) is 6.83. The van der Waals surface area contributed by atoms with Gasteiger partial charge >= 0.3 is 0 Å². The van der Waals surface area contributed by atoms with Gasteiger partial charge in [0.25, 0.3) is 0 Å². The van der Waals surface area contributed by atoms with Gasteiger partial charge in [-0.05, 0) is 45.7 Å². The van der Waals surface area contributed by atoms with E-state index in [-0.39, 0.29) is 6.10 Å². The van der Waals surface area contributed by atoms with Gasteiger partial charge in [0.1, 0.15) is 11.6 Å². The van der Waals surface area contributed by atoms with Crippen LogP contribution in [0.1, 0.15) is 31.4 Å². The van der Waals surface area contributed by atoms with Crippen molar-refractivity contribution in [2.45, 2.75) is 46.3 Å². The van der Waals surface area contributed by atoms with Crippen molar-refractivity contribution in [1.82, 2.24) is 19.7 Å². The Balaban J connectivity index is 1.81. The second kappa shape index (κ2) is 5.80. The number of β-amino-alcohol motifs (C(OH)–C–C–N with tert-alkyl or cyclic N) is 1. The second-order valence-corrected chi connectivity index (χ2v) is 5.53. The molecular weight excluding hydrogens is 228 g/mol. The van der Waals surface area contributed by atoms with Crippen LogP contribution in [0.25, 0.3) is 0 Å². The summed E-state index contributed by atoms with van der Waals surface area (Å²) in [6, 6.07) is 0. The Labute approximate surface area is 109 Å². The SMILES string of the molecule is Cc1nc(C)n(CC(O)CN2CCC(C)CC2)n1. The van der Waals surface area contributed by atoms with Gasteiger partial charge in [-0.25, -0.2) is 9.67 Å². The Bertz CT molecular complexity index is 382. The topological polar surface area (TPSA) is 54.2 Å². The van der Waals surface area contributed by atoms with E-state index in [1.807, 2.05) is 13.8 Å². The van der Waals surface area contributed by atoms with Crippen LogP contribution in [0.4, 0.5) is 0 Å². The predicted molar refractivity (Wildman–Crippen MR) is 70.3 cm³/mol. The number of rotatable bonds is 4. The summed E-state index contributed by atoms with van der Waals surface area (Å²) in [4.78, 5) is 6.60. The lowest BCUT2D eigenvalue weighted by molar-refractivity contribution is 0.0771. The quantitative estimate of drug-likeness (QED) is 0.868. The highest BCUT2D eigenvalue weighted by atomic mass is 16.3. The van der Waals surface area contributed by atoms with Gasteiger partial charge in [-0.15, -0.1) is 0 Å². The summed E-state index contributed by atoms with van der Waals surface area (Å²) in [5.41, 5.74) is 0. The van der Waals surface area contributed by atoms with Crippen LogP contribution < -0.4 is 0 Å². The second-order valence-electron chi connectivity index (χ2n) is 5.53. The van der Waals surface area contributed by atoms with E-state index < -0.39 is 0 Å². The molecular formula is C13H24N4O. The zero-order valence-electron chi connectivity index (χ0n) is 11.6. The van der Waals surface area contributed by atoms with Crippen LogP contribution in [0.2, 0.25) is 0 Å². The number of hydrogen-bond donors (Lipinski definition) is 1. The van der Waals surface area contributed by atoms with Crippen molar-refractivity contribution in [3.8, 4) is 0 Å². The lowest BCUT2D eigenvalue weighted by Gasteiger charge is -2.31. The number of aromatic nitrogens is 3. The molecule has 0 spiro atoms. The molecule has 0 saturated carbocycles. The van der Waals surface area contributed by atoms with Gasteiger partial charge in [0.2, 0.25) is 0 Å². The molecule has 102 valence electrons. The lowest BCUT2D eigenvalue weighted by atomic mass is 9.99. The molecule has 0 radical (unpaired) electrons. The van der Waals surface area contributed by atoms with Crippen LogP contribution in [0, 0.1) is 19.8 Å². The minimum atomic E-state index is -0.363. The van der Waals surface area contributed by atoms with Crippen LogP contribution in [-0.2, 0) is 6.54 Å². The lowest BCUT2D eigenvalue weighted by Crippen LogP contribution is -2.39. The van der Waals surface area contributed by atoms with Crippen LogP contribution in [-0.4, -0.2) is 50.5 Å². The summed E-state index contributed by atoms with van der Waals surface area (Å²) >= 11 is 0. The zero-order valence-corrected chi connectivity index (χ0v) is 11.6. The molecule has 1 atom stereocenters. The van der Waals surface area contributed by atoms with Crippen molar-refractivity contribution >= 4 is 0 Å². The number of hydrogen-bond acceptors (Lipinski definition) is 4. The summed E-state index contributed by atoms with van der Waals surface area (Å²) in [7, 11) is 0. The van der Waals surface area contributed by atoms with Crippen molar-refractivity contribution < 1.29 is 5.11 Å². The normalized spacial score (nSPS) is 20.2. The van der Waals surface area contributed by atoms with E-state index in [2.05, 4.69) is 21.9 Å². The highest BCUT2D eigenvalue weighted by Gasteiger charge is 2.19. The third-order valence-corrected chi connectivity index (χ3v) is 3.69. The maximum atomic E-state index is 10.1. The average molecular weight is 252 g/mol. The fourth-order valence-corrected chi connectivity index (χ4v) is 2.53. The van der Waals surface area contributed by atoms with Crippen molar-refractivity contribution in [1.29, 1.82) is 0 Å². The molecule has 18 heavy (non-hydrogen) atoms. The van der Waals surface area contributed by atoms with E-state index in [9.17, 15) is 5.11 Å². The van der Waals surface area contributed by atoms with Crippen molar-refractivity contribution in [2.24, 2.45) is 5.92 Å². The molecule has 2 rings (SSSR count). The molecule has 1 fully saturated rings. The minimum absolute atomic E-state index is 0.363. The maximum absolute atomic E-state index is 10.1. The van der Waals surface area contributed by atoms with Gasteiger partial charge in [0.15, 0.2) is 0 Å². The Morgan fingerprint density at radius 3 is 2.50 bits per heavy atom. The highest BCUT2D eigenvalue weighted by Crippen LogP contribution is 2.16. The molecule has 1 saturated heterocycles. The van der Waals surface area contributed by atoms with E-state index in [0.717, 1.165) is 37.2 Å². The molecule has 0 bridgehead atoms. The predicted octanol–water partition coefficient (Wildman–Crippen LogP) is 0.988. The molecule has 0 amide bonds. The number of nitrogens with zero attached hydrogens (tertiary/aromatic N) is 4. The van der Waals surface area contributed by atoms with E-state index >= 15 is 0 Å². The zero-order chi connectivity index (χ0) is 13.1. The molecule has 1 aliphatic rings. The van der Waals surface area contributed by atoms with E-state index in [4.69, 9.17) is 0 Å². The van der Waals surface area contributed by atoms with Crippen LogP contribution in [0.5, 0.6) is 0 Å². The van der Waals surface area contributed by atoms with Crippen molar-refractivity contribution in [3.05, 3.63) is 11.6 Å². The largest absolute Gasteiger partial charge is 0.390 e. The summed E-state index contributed by atoms with van der Waals surface area (Å²) in [5, 5.41) is 14.4. The van der Waals surface area contributed by atoms with Gasteiger partial charge in [-0.3, -0.25) is 0 Å². The number of aryl methyl sites for hydroxylation is 2. The molecule has 5 heteroatoms. The molecule has 0 aromatic carbocycles.